The minimum absolute atomic E-state index is 0.217. The molecule has 1 aromatic heterocycles. The van der Waals surface area contributed by atoms with E-state index in [2.05, 4.69) is 76.1 Å². The number of nitrogens with one attached hydrogen (secondary N) is 2. The topological polar surface area (TPSA) is 60.5 Å². The zero-order chi connectivity index (χ0) is 24.5. The molecule has 0 spiro atoms. The number of pyridine rings is 1. The number of anilines is 1. The van der Waals surface area contributed by atoms with Crippen LogP contribution in [0.4, 0.5) is 10.5 Å². The van der Waals surface area contributed by atoms with E-state index in [0.717, 1.165) is 56.0 Å². The second-order valence-corrected chi connectivity index (χ2v) is 9.73. The molecule has 0 radical (unpaired) electrons. The molecular formula is C27H37N5OS. The van der Waals surface area contributed by atoms with Crippen LogP contribution in [0.3, 0.4) is 0 Å². The second kappa shape index (κ2) is 12.7. The van der Waals surface area contributed by atoms with Crippen molar-refractivity contribution in [3.8, 4) is 0 Å². The lowest BCUT2D eigenvalue weighted by atomic mass is 10.1. The van der Waals surface area contributed by atoms with Crippen molar-refractivity contribution in [2.24, 2.45) is 0 Å². The molecule has 1 saturated heterocycles. The number of amides is 2. The Kier molecular flexibility index (Phi) is 9.74. The first-order chi connectivity index (χ1) is 16.4. The van der Waals surface area contributed by atoms with Crippen molar-refractivity contribution in [3.05, 3.63) is 66.0 Å². The molecule has 3 rings (SSSR count). The van der Waals surface area contributed by atoms with Gasteiger partial charge < -0.3 is 15.5 Å². The SMILES string of the molecule is C=Cc1nc(C)cc(NC(=O)NCCN2CCC(N(CC)Sc3ccc(C)cc3)CC2)c1C=C. The Labute approximate surface area is 208 Å². The van der Waals surface area contributed by atoms with Crippen LogP contribution in [0.2, 0.25) is 0 Å². The highest BCUT2D eigenvalue weighted by molar-refractivity contribution is 7.97. The molecule has 2 heterocycles. The van der Waals surface area contributed by atoms with Gasteiger partial charge in [0.1, 0.15) is 0 Å². The summed E-state index contributed by atoms with van der Waals surface area (Å²) in [5, 5.41) is 5.92. The largest absolute Gasteiger partial charge is 0.337 e. The average molecular weight is 480 g/mol. The van der Waals surface area contributed by atoms with Crippen LogP contribution in [0, 0.1) is 13.8 Å². The maximum Gasteiger partial charge on any atom is 0.319 e. The number of benzene rings is 1. The number of piperidine rings is 1. The zero-order valence-corrected chi connectivity index (χ0v) is 21.5. The number of aromatic nitrogens is 1. The Morgan fingerprint density at radius 3 is 2.53 bits per heavy atom. The van der Waals surface area contributed by atoms with Crippen molar-refractivity contribution in [3.63, 3.8) is 0 Å². The van der Waals surface area contributed by atoms with Gasteiger partial charge in [0.2, 0.25) is 0 Å². The van der Waals surface area contributed by atoms with E-state index in [1.54, 1.807) is 12.2 Å². The van der Waals surface area contributed by atoms with Gasteiger partial charge in [-0.15, -0.1) is 0 Å². The van der Waals surface area contributed by atoms with Gasteiger partial charge in [-0.05, 0) is 76.0 Å². The summed E-state index contributed by atoms with van der Waals surface area (Å²) in [5.74, 6) is 0. The van der Waals surface area contributed by atoms with Gasteiger partial charge in [0.05, 0.1) is 11.4 Å². The number of likely N-dealkylation sites (tertiary alicyclic amines) is 1. The smallest absolute Gasteiger partial charge is 0.319 e. The number of urea groups is 1. The van der Waals surface area contributed by atoms with Crippen molar-refractivity contribution in [2.45, 2.75) is 44.6 Å². The highest BCUT2D eigenvalue weighted by atomic mass is 32.2. The third-order valence-electron chi connectivity index (χ3n) is 6.10. The van der Waals surface area contributed by atoms with E-state index in [9.17, 15) is 4.79 Å². The first-order valence-corrected chi connectivity index (χ1v) is 12.8. The number of hydrogen-bond donors (Lipinski definition) is 2. The molecule has 1 fully saturated rings. The lowest BCUT2D eigenvalue weighted by Gasteiger charge is -2.37. The van der Waals surface area contributed by atoms with E-state index >= 15 is 0 Å². The molecular weight excluding hydrogens is 442 g/mol. The zero-order valence-electron chi connectivity index (χ0n) is 20.6. The quantitative estimate of drug-likeness (QED) is 0.435. The molecule has 1 aromatic carbocycles. The van der Waals surface area contributed by atoms with E-state index in [1.165, 1.54) is 10.5 Å². The minimum atomic E-state index is -0.217. The first kappa shape index (κ1) is 26.0. The van der Waals surface area contributed by atoms with Crippen LogP contribution in [0.25, 0.3) is 12.2 Å². The Morgan fingerprint density at radius 1 is 1.21 bits per heavy atom. The van der Waals surface area contributed by atoms with Gasteiger partial charge in [0.15, 0.2) is 0 Å². The second-order valence-electron chi connectivity index (χ2n) is 8.61. The van der Waals surface area contributed by atoms with E-state index in [1.807, 2.05) is 24.9 Å². The Hall–Kier alpha value is -2.61. The molecule has 2 N–H and O–H groups in total. The van der Waals surface area contributed by atoms with E-state index in [4.69, 9.17) is 0 Å². The molecule has 182 valence electrons. The van der Waals surface area contributed by atoms with Gasteiger partial charge in [-0.3, -0.25) is 4.98 Å². The highest BCUT2D eigenvalue weighted by Gasteiger charge is 2.24. The monoisotopic (exact) mass is 479 g/mol. The normalized spacial score (nSPS) is 14.7. The molecule has 1 aliphatic rings. The molecule has 1 aliphatic heterocycles. The van der Waals surface area contributed by atoms with E-state index in [0.29, 0.717) is 18.3 Å². The van der Waals surface area contributed by atoms with Crippen LogP contribution < -0.4 is 10.6 Å². The van der Waals surface area contributed by atoms with Crippen molar-refractivity contribution >= 4 is 35.8 Å². The van der Waals surface area contributed by atoms with Gasteiger partial charge >= 0.3 is 6.03 Å². The fraction of sp³-hybridized carbons (Fsp3) is 0.407. The van der Waals surface area contributed by atoms with Crippen molar-refractivity contribution < 1.29 is 4.79 Å². The molecule has 7 heteroatoms. The molecule has 6 nitrogen and oxygen atoms in total. The van der Waals surface area contributed by atoms with Crippen LogP contribution in [-0.4, -0.2) is 59.0 Å². The number of hydrogen-bond acceptors (Lipinski definition) is 5. The summed E-state index contributed by atoms with van der Waals surface area (Å²) in [5.41, 5.74) is 4.31. The van der Waals surface area contributed by atoms with Gasteiger partial charge in [-0.2, -0.15) is 0 Å². The van der Waals surface area contributed by atoms with Gasteiger partial charge in [0.25, 0.3) is 0 Å². The third-order valence-corrected chi connectivity index (χ3v) is 7.37. The van der Waals surface area contributed by atoms with Crippen molar-refractivity contribution in [1.29, 1.82) is 0 Å². The maximum atomic E-state index is 12.5. The molecule has 0 aliphatic carbocycles. The number of nitrogens with zero attached hydrogens (tertiary/aromatic N) is 3. The van der Waals surface area contributed by atoms with Gasteiger partial charge in [-0.1, -0.05) is 43.9 Å². The van der Waals surface area contributed by atoms with Crippen molar-refractivity contribution in [2.75, 3.05) is 38.0 Å². The fourth-order valence-electron chi connectivity index (χ4n) is 4.24. The summed E-state index contributed by atoms with van der Waals surface area (Å²) in [4.78, 5) is 20.6. The summed E-state index contributed by atoms with van der Waals surface area (Å²) < 4.78 is 2.51. The standard InChI is InChI=1S/C27H37N5OS/c1-6-24-25(7-2)29-21(5)19-26(24)30-27(33)28-15-18-31-16-13-22(14-17-31)32(8-3)34-23-11-9-20(4)10-12-23/h6-7,9-12,19,22H,1-2,8,13-18H2,3-5H3,(H2,28,29,30,33). The van der Waals surface area contributed by atoms with Gasteiger partial charge in [-0.25, -0.2) is 9.10 Å². The first-order valence-electron chi connectivity index (χ1n) is 12.0. The van der Waals surface area contributed by atoms with E-state index in [-0.39, 0.29) is 6.03 Å². The number of rotatable bonds is 10. The molecule has 2 aromatic rings. The highest BCUT2D eigenvalue weighted by Crippen LogP contribution is 2.29. The van der Waals surface area contributed by atoms with Crippen LogP contribution in [0.15, 0.2) is 48.4 Å². The van der Waals surface area contributed by atoms with Crippen LogP contribution in [0.5, 0.6) is 0 Å². The molecule has 0 unspecified atom stereocenters. The summed E-state index contributed by atoms with van der Waals surface area (Å²) in [6.45, 7) is 18.5. The Morgan fingerprint density at radius 2 is 1.91 bits per heavy atom. The van der Waals surface area contributed by atoms with E-state index < -0.39 is 0 Å². The van der Waals surface area contributed by atoms with Crippen LogP contribution >= 0.6 is 11.9 Å². The third kappa shape index (κ3) is 7.19. The Bertz CT molecular complexity index is 983. The number of aryl methyl sites for hydroxylation is 2. The minimum Gasteiger partial charge on any atom is -0.337 e. The fourth-order valence-corrected chi connectivity index (χ4v) is 5.26. The summed E-state index contributed by atoms with van der Waals surface area (Å²) >= 11 is 1.87. The molecule has 0 bridgehead atoms. The Balaban J connectivity index is 1.42. The average Bonchev–Trinajstić information content (AvgIpc) is 2.84. The lowest BCUT2D eigenvalue weighted by Crippen LogP contribution is -2.45. The summed E-state index contributed by atoms with van der Waals surface area (Å²) in [7, 11) is 0. The number of carbonyl (C=O) groups is 1. The predicted octanol–water partition coefficient (Wildman–Crippen LogP) is 5.60. The molecule has 0 saturated carbocycles. The lowest BCUT2D eigenvalue weighted by molar-refractivity contribution is 0.168. The van der Waals surface area contributed by atoms with Gasteiger partial charge in [0, 0.05) is 41.8 Å². The maximum absolute atomic E-state index is 12.5. The van der Waals surface area contributed by atoms with Crippen molar-refractivity contribution in [1.82, 2.24) is 19.5 Å². The molecule has 34 heavy (non-hydrogen) atoms. The molecule has 2 amide bonds. The van der Waals surface area contributed by atoms with Crippen LogP contribution in [-0.2, 0) is 0 Å². The van der Waals surface area contributed by atoms with Crippen LogP contribution in [0.1, 0.15) is 42.3 Å². The summed E-state index contributed by atoms with van der Waals surface area (Å²) in [6.07, 6.45) is 5.65. The predicted molar refractivity (Wildman–Crippen MR) is 145 cm³/mol. The number of carbonyl (C=O) groups excluding carboxylic acids is 1. The molecule has 0 atom stereocenters. The summed E-state index contributed by atoms with van der Waals surface area (Å²) in [6, 6.07) is 11.0.